The first kappa shape index (κ1) is 13.9. The van der Waals surface area contributed by atoms with Crippen LogP contribution in [0.25, 0.3) is 0 Å². The van der Waals surface area contributed by atoms with Crippen LogP contribution in [0.3, 0.4) is 0 Å². The van der Waals surface area contributed by atoms with Crippen LogP contribution in [-0.2, 0) is 4.74 Å². The van der Waals surface area contributed by atoms with E-state index in [-0.39, 0.29) is 0 Å². The Morgan fingerprint density at radius 1 is 1.39 bits per heavy atom. The monoisotopic (exact) mass is 265 g/mol. The number of hydrogen-bond donors (Lipinski definition) is 1. The summed E-state index contributed by atoms with van der Waals surface area (Å²) in [6.07, 6.45) is 2.94. The highest BCUT2D eigenvalue weighted by atomic mass is 32.2. The van der Waals surface area contributed by atoms with Gasteiger partial charge in [0.15, 0.2) is 0 Å². The minimum Gasteiger partial charge on any atom is -0.377 e. The van der Waals surface area contributed by atoms with Crippen molar-refractivity contribution in [2.24, 2.45) is 0 Å². The molecule has 1 saturated heterocycles. The van der Waals surface area contributed by atoms with E-state index >= 15 is 0 Å². The van der Waals surface area contributed by atoms with E-state index in [1.54, 1.807) is 0 Å². The molecule has 3 heteroatoms. The van der Waals surface area contributed by atoms with Gasteiger partial charge in [-0.15, -0.1) is 0 Å². The molecule has 0 aromatic heterocycles. The first-order valence-corrected chi connectivity index (χ1v) is 7.81. The first-order valence-electron chi connectivity index (χ1n) is 6.76. The maximum Gasteiger partial charge on any atom is 0.0666 e. The Balaban J connectivity index is 1.87. The molecule has 18 heavy (non-hydrogen) atoms. The van der Waals surface area contributed by atoms with E-state index in [4.69, 9.17) is 4.74 Å². The van der Waals surface area contributed by atoms with Gasteiger partial charge in [-0.1, -0.05) is 37.3 Å². The molecule has 1 aromatic rings. The third-order valence-corrected chi connectivity index (χ3v) is 4.87. The molecule has 1 aromatic carbocycles. The summed E-state index contributed by atoms with van der Waals surface area (Å²) in [5.74, 6) is 1.12. The zero-order valence-corrected chi connectivity index (χ0v) is 12.1. The quantitative estimate of drug-likeness (QED) is 0.853. The lowest BCUT2D eigenvalue weighted by Gasteiger charge is -2.24. The van der Waals surface area contributed by atoms with Gasteiger partial charge in [0.05, 0.1) is 6.10 Å². The van der Waals surface area contributed by atoms with Crippen LogP contribution in [0.1, 0.15) is 31.4 Å². The summed E-state index contributed by atoms with van der Waals surface area (Å²) in [5, 5.41) is 3.99. The van der Waals surface area contributed by atoms with Crippen molar-refractivity contribution in [2.75, 3.05) is 19.4 Å². The number of ether oxygens (including phenoxy) is 1. The smallest absolute Gasteiger partial charge is 0.0666 e. The van der Waals surface area contributed by atoms with Crippen molar-refractivity contribution in [3.63, 3.8) is 0 Å². The topological polar surface area (TPSA) is 21.3 Å². The van der Waals surface area contributed by atoms with Crippen molar-refractivity contribution >= 4 is 11.8 Å². The van der Waals surface area contributed by atoms with Crippen LogP contribution in [0.5, 0.6) is 0 Å². The van der Waals surface area contributed by atoms with E-state index in [9.17, 15) is 0 Å². The lowest BCUT2D eigenvalue weighted by atomic mass is 10.0. The third kappa shape index (κ3) is 3.74. The summed E-state index contributed by atoms with van der Waals surface area (Å²) in [6, 6.07) is 11.1. The van der Waals surface area contributed by atoms with Gasteiger partial charge in [0.1, 0.15) is 0 Å². The van der Waals surface area contributed by atoms with Crippen LogP contribution in [0, 0.1) is 0 Å². The average Bonchev–Trinajstić information content (AvgIpc) is 2.92. The fourth-order valence-corrected chi connectivity index (χ4v) is 3.73. The van der Waals surface area contributed by atoms with Crippen LogP contribution >= 0.6 is 11.8 Å². The molecule has 1 aliphatic rings. The predicted octanol–water partition coefficient (Wildman–Crippen LogP) is 3.25. The number of benzene rings is 1. The Morgan fingerprint density at radius 2 is 2.17 bits per heavy atom. The zero-order valence-electron chi connectivity index (χ0n) is 11.3. The average molecular weight is 265 g/mol. The van der Waals surface area contributed by atoms with Crippen molar-refractivity contribution in [3.8, 4) is 0 Å². The van der Waals surface area contributed by atoms with Crippen molar-refractivity contribution in [1.29, 1.82) is 0 Å². The van der Waals surface area contributed by atoms with Gasteiger partial charge in [0, 0.05) is 23.7 Å². The highest BCUT2D eigenvalue weighted by Gasteiger charge is 2.21. The highest BCUT2D eigenvalue weighted by molar-refractivity contribution is 7.99. The molecule has 0 amide bonds. The lowest BCUT2D eigenvalue weighted by molar-refractivity contribution is 0.128. The molecule has 0 bridgehead atoms. The maximum absolute atomic E-state index is 5.68. The molecular weight excluding hydrogens is 242 g/mol. The Bertz CT molecular complexity index is 338. The van der Waals surface area contributed by atoms with Gasteiger partial charge in [-0.25, -0.2) is 0 Å². The fraction of sp³-hybridized carbons (Fsp3) is 0.600. The second-order valence-electron chi connectivity index (χ2n) is 4.85. The molecule has 0 saturated carbocycles. The highest BCUT2D eigenvalue weighted by Crippen LogP contribution is 2.28. The molecule has 0 spiro atoms. The Labute approximate surface area is 114 Å². The fourth-order valence-electron chi connectivity index (χ4n) is 2.46. The number of hydrogen-bond acceptors (Lipinski definition) is 3. The van der Waals surface area contributed by atoms with Gasteiger partial charge in [-0.3, -0.25) is 0 Å². The first-order chi connectivity index (χ1) is 8.81. The van der Waals surface area contributed by atoms with Crippen LogP contribution in [0.15, 0.2) is 30.3 Å². The van der Waals surface area contributed by atoms with Gasteiger partial charge >= 0.3 is 0 Å². The van der Waals surface area contributed by atoms with Crippen molar-refractivity contribution in [1.82, 2.24) is 5.32 Å². The molecule has 0 radical (unpaired) electrons. The summed E-state index contributed by atoms with van der Waals surface area (Å²) in [4.78, 5) is 0. The van der Waals surface area contributed by atoms with E-state index in [0.29, 0.717) is 17.4 Å². The van der Waals surface area contributed by atoms with Gasteiger partial charge in [0.25, 0.3) is 0 Å². The second kappa shape index (κ2) is 7.17. The summed E-state index contributed by atoms with van der Waals surface area (Å²) in [7, 11) is 2.04. The number of rotatable bonds is 6. The molecule has 2 nitrogen and oxygen atoms in total. The van der Waals surface area contributed by atoms with Crippen LogP contribution in [-0.4, -0.2) is 30.8 Å². The summed E-state index contributed by atoms with van der Waals surface area (Å²) in [6.45, 7) is 3.25. The van der Waals surface area contributed by atoms with Crippen LogP contribution in [0.2, 0.25) is 0 Å². The van der Waals surface area contributed by atoms with Gasteiger partial charge in [0.2, 0.25) is 0 Å². The molecule has 0 aliphatic carbocycles. The Morgan fingerprint density at radius 3 is 2.78 bits per heavy atom. The molecule has 3 unspecified atom stereocenters. The van der Waals surface area contributed by atoms with Gasteiger partial charge in [-0.2, -0.15) is 11.8 Å². The largest absolute Gasteiger partial charge is 0.377 e. The normalized spacial score (nSPS) is 22.9. The van der Waals surface area contributed by atoms with Gasteiger partial charge in [-0.05, 0) is 25.5 Å². The summed E-state index contributed by atoms with van der Waals surface area (Å²) < 4.78 is 5.68. The van der Waals surface area contributed by atoms with E-state index in [2.05, 4.69) is 42.6 Å². The molecule has 3 atom stereocenters. The van der Waals surface area contributed by atoms with E-state index in [1.165, 1.54) is 18.4 Å². The van der Waals surface area contributed by atoms with Crippen molar-refractivity contribution in [2.45, 2.75) is 37.2 Å². The maximum atomic E-state index is 5.68. The molecular formula is C15H23NOS. The zero-order chi connectivity index (χ0) is 12.8. The lowest BCUT2D eigenvalue weighted by Crippen LogP contribution is -2.26. The third-order valence-electron chi connectivity index (χ3n) is 3.51. The molecule has 1 heterocycles. The molecule has 1 N–H and O–H groups in total. The van der Waals surface area contributed by atoms with Gasteiger partial charge < -0.3 is 10.1 Å². The predicted molar refractivity (Wildman–Crippen MR) is 79.1 cm³/mol. The minimum atomic E-state index is 0.414. The Kier molecular flexibility index (Phi) is 5.54. The van der Waals surface area contributed by atoms with Crippen LogP contribution < -0.4 is 5.32 Å². The van der Waals surface area contributed by atoms with Crippen molar-refractivity contribution < 1.29 is 4.74 Å². The SMILES string of the molecule is CNC(c1ccccc1)C(C)SCC1CCCO1. The molecule has 2 rings (SSSR count). The summed E-state index contributed by atoms with van der Waals surface area (Å²) in [5.41, 5.74) is 1.37. The van der Waals surface area contributed by atoms with Crippen LogP contribution in [0.4, 0.5) is 0 Å². The Hall–Kier alpha value is -0.510. The standard InChI is InChI=1S/C15H23NOS/c1-12(18-11-14-9-6-10-17-14)15(16-2)13-7-4-3-5-8-13/h3-5,7-8,12,14-16H,6,9-11H2,1-2H3. The van der Waals surface area contributed by atoms with E-state index in [0.717, 1.165) is 12.4 Å². The number of nitrogens with one attached hydrogen (secondary N) is 1. The number of thioether (sulfide) groups is 1. The molecule has 1 aliphatic heterocycles. The van der Waals surface area contributed by atoms with E-state index in [1.807, 2.05) is 18.8 Å². The molecule has 1 fully saturated rings. The van der Waals surface area contributed by atoms with E-state index < -0.39 is 0 Å². The second-order valence-corrected chi connectivity index (χ2v) is 6.26. The minimum absolute atomic E-state index is 0.414. The summed E-state index contributed by atoms with van der Waals surface area (Å²) >= 11 is 2.01. The molecule has 100 valence electrons. The van der Waals surface area contributed by atoms with Crippen molar-refractivity contribution in [3.05, 3.63) is 35.9 Å².